The zero-order valence-corrected chi connectivity index (χ0v) is 10.3. The maximum atomic E-state index is 4.59. The van der Waals surface area contributed by atoms with E-state index in [-0.39, 0.29) is 14.7 Å². The minimum Gasteiger partial charge on any atom is -0.175 e. The third kappa shape index (κ3) is 2.49. The van der Waals surface area contributed by atoms with Crippen molar-refractivity contribution in [1.29, 1.82) is 0 Å². The summed E-state index contributed by atoms with van der Waals surface area (Å²) in [4.78, 5) is 0. The van der Waals surface area contributed by atoms with Crippen LogP contribution in [0.4, 0.5) is 0 Å². The van der Waals surface area contributed by atoms with Crippen LogP contribution in [0.5, 0.6) is 0 Å². The lowest BCUT2D eigenvalue weighted by Crippen LogP contribution is -2.46. The van der Waals surface area contributed by atoms with E-state index in [4.69, 9.17) is 0 Å². The van der Waals surface area contributed by atoms with Crippen molar-refractivity contribution in [3.05, 3.63) is 0 Å². The van der Waals surface area contributed by atoms with Crippen molar-refractivity contribution in [3.63, 3.8) is 0 Å². The quantitative estimate of drug-likeness (QED) is 0.586. The molecular formula is C8H18S3. The maximum absolute atomic E-state index is 4.59. The van der Waals surface area contributed by atoms with Crippen LogP contribution >= 0.6 is 37.9 Å². The van der Waals surface area contributed by atoms with E-state index in [9.17, 15) is 0 Å². The molecule has 0 saturated heterocycles. The van der Waals surface area contributed by atoms with Crippen LogP contribution in [0.1, 0.15) is 34.1 Å². The Hall–Kier alpha value is 1.05. The summed E-state index contributed by atoms with van der Waals surface area (Å²) < 4.78 is -0.189. The summed E-state index contributed by atoms with van der Waals surface area (Å²) in [5, 5.41) is 0.244. The van der Waals surface area contributed by atoms with E-state index >= 15 is 0 Å². The zero-order valence-electron chi connectivity index (χ0n) is 7.63. The lowest BCUT2D eigenvalue weighted by molar-refractivity contribution is 0.470. The van der Waals surface area contributed by atoms with Crippen LogP contribution in [0.2, 0.25) is 0 Å². The second-order valence-corrected chi connectivity index (χ2v) is 6.14. The van der Waals surface area contributed by atoms with E-state index in [1.165, 1.54) is 0 Å². The average molecular weight is 210 g/mol. The Labute approximate surface area is 86.8 Å². The molecule has 0 aromatic rings. The zero-order chi connectivity index (χ0) is 9.28. The maximum Gasteiger partial charge on any atom is 0.0356 e. The Morgan fingerprint density at radius 1 is 1.27 bits per heavy atom. The van der Waals surface area contributed by atoms with E-state index in [0.717, 1.165) is 6.42 Å². The Morgan fingerprint density at radius 2 is 1.64 bits per heavy atom. The van der Waals surface area contributed by atoms with Crippen molar-refractivity contribution in [2.75, 3.05) is 0 Å². The highest BCUT2D eigenvalue weighted by molar-refractivity contribution is 7.88. The minimum absolute atomic E-state index is 0.0583. The van der Waals surface area contributed by atoms with Gasteiger partial charge in [0.1, 0.15) is 0 Å². The number of thiol groups is 3. The summed E-state index contributed by atoms with van der Waals surface area (Å²) in [6, 6.07) is 0. The molecular weight excluding hydrogens is 192 g/mol. The third-order valence-electron chi connectivity index (χ3n) is 2.59. The molecule has 0 nitrogen and oxygen atoms in total. The van der Waals surface area contributed by atoms with Gasteiger partial charge in [-0.15, -0.1) is 0 Å². The highest BCUT2D eigenvalue weighted by Crippen LogP contribution is 2.41. The lowest BCUT2D eigenvalue weighted by Gasteiger charge is -2.41. The van der Waals surface area contributed by atoms with E-state index in [1.807, 2.05) is 0 Å². The fourth-order valence-corrected chi connectivity index (χ4v) is 1.55. The van der Waals surface area contributed by atoms with Gasteiger partial charge in [0.05, 0.1) is 0 Å². The first-order chi connectivity index (χ1) is 4.75. The second-order valence-electron chi connectivity index (χ2n) is 3.45. The standard InChI is InChI=1S/C8H18S3/c1-5-7(3,10)8(4,11)6(2)9/h6,9-11H,5H2,1-4H3. The van der Waals surface area contributed by atoms with Gasteiger partial charge in [-0.05, 0) is 20.3 Å². The van der Waals surface area contributed by atoms with Crippen molar-refractivity contribution >= 4 is 37.9 Å². The van der Waals surface area contributed by atoms with E-state index in [0.29, 0.717) is 0 Å². The average Bonchev–Trinajstić information content (AvgIpc) is 1.87. The van der Waals surface area contributed by atoms with Gasteiger partial charge in [0.25, 0.3) is 0 Å². The van der Waals surface area contributed by atoms with Crippen LogP contribution in [0.25, 0.3) is 0 Å². The fourth-order valence-electron chi connectivity index (χ4n) is 0.808. The molecule has 0 aliphatic heterocycles. The Kier molecular flexibility index (Phi) is 4.21. The molecule has 0 aliphatic rings. The van der Waals surface area contributed by atoms with Crippen molar-refractivity contribution < 1.29 is 0 Å². The van der Waals surface area contributed by atoms with Crippen molar-refractivity contribution in [2.24, 2.45) is 0 Å². The van der Waals surface area contributed by atoms with Crippen LogP contribution in [-0.2, 0) is 0 Å². The molecule has 0 N–H and O–H groups in total. The molecule has 0 amide bonds. The van der Waals surface area contributed by atoms with Crippen molar-refractivity contribution in [1.82, 2.24) is 0 Å². The molecule has 0 heterocycles. The predicted molar refractivity (Wildman–Crippen MR) is 63.5 cm³/mol. The predicted octanol–water partition coefficient (Wildman–Crippen LogP) is 3.09. The van der Waals surface area contributed by atoms with Gasteiger partial charge < -0.3 is 0 Å². The van der Waals surface area contributed by atoms with Gasteiger partial charge in [-0.2, -0.15) is 37.9 Å². The van der Waals surface area contributed by atoms with Crippen molar-refractivity contribution in [3.8, 4) is 0 Å². The number of hydrogen-bond acceptors (Lipinski definition) is 3. The van der Waals surface area contributed by atoms with Gasteiger partial charge in [-0.1, -0.05) is 13.8 Å². The summed E-state index contributed by atoms with van der Waals surface area (Å²) in [5.74, 6) is 0. The molecule has 3 unspecified atom stereocenters. The fraction of sp³-hybridized carbons (Fsp3) is 1.00. The van der Waals surface area contributed by atoms with Gasteiger partial charge in [0.2, 0.25) is 0 Å². The van der Waals surface area contributed by atoms with Crippen LogP contribution in [-0.4, -0.2) is 14.7 Å². The topological polar surface area (TPSA) is 0 Å². The normalized spacial score (nSPS) is 25.4. The van der Waals surface area contributed by atoms with Crippen LogP contribution < -0.4 is 0 Å². The molecule has 0 rings (SSSR count). The van der Waals surface area contributed by atoms with E-state index in [1.54, 1.807) is 0 Å². The Morgan fingerprint density at radius 3 is 1.73 bits per heavy atom. The monoisotopic (exact) mass is 210 g/mol. The SMILES string of the molecule is CCC(C)(S)C(C)(S)C(C)S. The molecule has 3 heteroatoms. The van der Waals surface area contributed by atoms with Crippen LogP contribution in [0, 0.1) is 0 Å². The molecule has 0 fully saturated rings. The molecule has 68 valence electrons. The van der Waals surface area contributed by atoms with Crippen molar-refractivity contribution in [2.45, 2.75) is 48.9 Å². The first kappa shape index (κ1) is 12.0. The smallest absolute Gasteiger partial charge is 0.0356 e. The Bertz CT molecular complexity index is 127. The molecule has 0 aromatic carbocycles. The molecule has 0 saturated carbocycles. The molecule has 3 atom stereocenters. The lowest BCUT2D eigenvalue weighted by atomic mass is 9.89. The molecule has 0 aliphatic carbocycles. The first-order valence-corrected chi connectivity index (χ1v) is 5.29. The molecule has 0 spiro atoms. The van der Waals surface area contributed by atoms with Gasteiger partial charge in [0, 0.05) is 14.7 Å². The minimum atomic E-state index is -0.131. The summed E-state index contributed by atoms with van der Waals surface area (Å²) >= 11 is 13.6. The van der Waals surface area contributed by atoms with Gasteiger partial charge in [-0.25, -0.2) is 0 Å². The third-order valence-corrected chi connectivity index (χ3v) is 5.15. The molecule has 0 radical (unpaired) electrons. The van der Waals surface area contributed by atoms with Gasteiger partial charge >= 0.3 is 0 Å². The van der Waals surface area contributed by atoms with E-state index < -0.39 is 0 Å². The van der Waals surface area contributed by atoms with E-state index in [2.05, 4.69) is 65.6 Å². The van der Waals surface area contributed by atoms with Crippen LogP contribution in [0.3, 0.4) is 0 Å². The summed E-state index contributed by atoms with van der Waals surface area (Å²) in [6.45, 7) is 8.37. The number of rotatable bonds is 3. The van der Waals surface area contributed by atoms with Gasteiger partial charge in [-0.3, -0.25) is 0 Å². The molecule has 0 bridgehead atoms. The summed E-state index contributed by atoms with van der Waals surface area (Å²) in [5.41, 5.74) is 0. The Balaban J connectivity index is 4.53. The first-order valence-electron chi connectivity index (χ1n) is 3.88. The van der Waals surface area contributed by atoms with Crippen LogP contribution in [0.15, 0.2) is 0 Å². The highest BCUT2D eigenvalue weighted by atomic mass is 32.1. The summed E-state index contributed by atoms with van der Waals surface area (Å²) in [7, 11) is 0. The second kappa shape index (κ2) is 3.84. The summed E-state index contributed by atoms with van der Waals surface area (Å²) in [6.07, 6.45) is 1.00. The molecule has 0 aromatic heterocycles. The highest BCUT2D eigenvalue weighted by Gasteiger charge is 2.40. The molecule has 11 heavy (non-hydrogen) atoms. The number of hydrogen-bond donors (Lipinski definition) is 3. The van der Waals surface area contributed by atoms with Gasteiger partial charge in [0.15, 0.2) is 0 Å². The largest absolute Gasteiger partial charge is 0.175 e.